The van der Waals surface area contributed by atoms with Gasteiger partial charge in [-0.3, -0.25) is 4.79 Å². The van der Waals surface area contributed by atoms with Crippen molar-refractivity contribution < 1.29 is 24.9 Å². The van der Waals surface area contributed by atoms with Gasteiger partial charge in [-0.1, -0.05) is 12.1 Å². The summed E-state index contributed by atoms with van der Waals surface area (Å²) in [7, 11) is 0. The number of hydrogen-bond acceptors (Lipinski definition) is 4. The minimum atomic E-state index is -1.43. The SMILES string of the molecule is N[C@H](C(=O)O)[C@H](O)c1ccc(C(=O)O)cc1. The number of aliphatic hydroxyl groups is 1. The first-order valence-corrected chi connectivity index (χ1v) is 4.43. The normalized spacial score (nSPS) is 14.1. The molecule has 0 radical (unpaired) electrons. The lowest BCUT2D eigenvalue weighted by Crippen LogP contribution is -2.36. The lowest BCUT2D eigenvalue weighted by molar-refractivity contribution is -0.141. The van der Waals surface area contributed by atoms with Gasteiger partial charge in [-0.05, 0) is 17.7 Å². The average Bonchev–Trinajstić information content (AvgIpc) is 2.27. The van der Waals surface area contributed by atoms with Crippen LogP contribution in [0.2, 0.25) is 0 Å². The van der Waals surface area contributed by atoms with E-state index in [-0.39, 0.29) is 11.1 Å². The smallest absolute Gasteiger partial charge is 0.335 e. The molecule has 0 unspecified atom stereocenters. The van der Waals surface area contributed by atoms with Gasteiger partial charge < -0.3 is 21.1 Å². The van der Waals surface area contributed by atoms with E-state index in [9.17, 15) is 14.7 Å². The van der Waals surface area contributed by atoms with E-state index in [1.54, 1.807) is 0 Å². The Hall–Kier alpha value is -1.92. The largest absolute Gasteiger partial charge is 0.480 e. The average molecular weight is 225 g/mol. The van der Waals surface area contributed by atoms with Crippen LogP contribution in [0.5, 0.6) is 0 Å². The van der Waals surface area contributed by atoms with Crippen LogP contribution in [0.3, 0.4) is 0 Å². The van der Waals surface area contributed by atoms with E-state index in [4.69, 9.17) is 15.9 Å². The lowest BCUT2D eigenvalue weighted by Gasteiger charge is -2.15. The van der Waals surface area contributed by atoms with Crippen LogP contribution in [-0.2, 0) is 4.79 Å². The first-order chi connectivity index (χ1) is 7.43. The van der Waals surface area contributed by atoms with Gasteiger partial charge in [-0.15, -0.1) is 0 Å². The maximum absolute atomic E-state index is 10.5. The van der Waals surface area contributed by atoms with Crippen molar-refractivity contribution in [1.82, 2.24) is 0 Å². The molecular weight excluding hydrogens is 214 g/mol. The fourth-order valence-corrected chi connectivity index (χ4v) is 1.17. The molecule has 0 aliphatic heterocycles. The van der Waals surface area contributed by atoms with E-state index in [2.05, 4.69) is 0 Å². The number of aliphatic carboxylic acids is 1. The molecule has 0 fully saturated rings. The van der Waals surface area contributed by atoms with Crippen molar-refractivity contribution in [2.45, 2.75) is 12.1 Å². The number of aliphatic hydroxyl groups excluding tert-OH is 1. The van der Waals surface area contributed by atoms with E-state index in [0.29, 0.717) is 0 Å². The fourth-order valence-electron chi connectivity index (χ4n) is 1.17. The highest BCUT2D eigenvalue weighted by atomic mass is 16.4. The quantitative estimate of drug-likeness (QED) is 0.564. The number of hydrogen-bond donors (Lipinski definition) is 4. The number of aromatic carboxylic acids is 1. The van der Waals surface area contributed by atoms with E-state index >= 15 is 0 Å². The summed E-state index contributed by atoms with van der Waals surface area (Å²) < 4.78 is 0. The van der Waals surface area contributed by atoms with Gasteiger partial charge in [0.2, 0.25) is 0 Å². The molecule has 0 aliphatic carbocycles. The molecule has 5 N–H and O–H groups in total. The van der Waals surface area contributed by atoms with E-state index < -0.39 is 24.1 Å². The van der Waals surface area contributed by atoms with Gasteiger partial charge in [-0.25, -0.2) is 4.79 Å². The Morgan fingerprint density at radius 3 is 2.00 bits per heavy atom. The minimum Gasteiger partial charge on any atom is -0.480 e. The van der Waals surface area contributed by atoms with Crippen LogP contribution in [0.4, 0.5) is 0 Å². The second kappa shape index (κ2) is 4.73. The third kappa shape index (κ3) is 2.56. The van der Waals surface area contributed by atoms with Crippen molar-refractivity contribution in [1.29, 1.82) is 0 Å². The lowest BCUT2D eigenvalue weighted by atomic mass is 10.0. The molecule has 0 saturated carbocycles. The first-order valence-electron chi connectivity index (χ1n) is 4.43. The molecule has 1 aromatic rings. The Morgan fingerprint density at radius 1 is 1.12 bits per heavy atom. The van der Waals surface area contributed by atoms with Gasteiger partial charge in [-0.2, -0.15) is 0 Å². The molecule has 1 aromatic carbocycles. The van der Waals surface area contributed by atoms with Gasteiger partial charge in [0.15, 0.2) is 0 Å². The summed E-state index contributed by atoms with van der Waals surface area (Å²) in [5.74, 6) is -2.42. The molecule has 2 atom stereocenters. The number of benzene rings is 1. The zero-order valence-electron chi connectivity index (χ0n) is 8.20. The molecular formula is C10H11NO5. The molecule has 0 bridgehead atoms. The molecule has 0 heterocycles. The third-order valence-corrected chi connectivity index (χ3v) is 2.12. The van der Waals surface area contributed by atoms with Gasteiger partial charge in [0, 0.05) is 0 Å². The molecule has 0 aliphatic rings. The Labute approximate surface area is 90.9 Å². The minimum absolute atomic E-state index is 0.0554. The number of nitrogens with two attached hydrogens (primary N) is 1. The fraction of sp³-hybridized carbons (Fsp3) is 0.200. The highest BCUT2D eigenvalue weighted by Gasteiger charge is 2.23. The Bertz CT molecular complexity index is 400. The summed E-state index contributed by atoms with van der Waals surface area (Å²) in [6.07, 6.45) is -1.36. The second-order valence-electron chi connectivity index (χ2n) is 3.24. The zero-order chi connectivity index (χ0) is 12.3. The van der Waals surface area contributed by atoms with Gasteiger partial charge in [0.25, 0.3) is 0 Å². The van der Waals surface area contributed by atoms with Crippen LogP contribution in [0.25, 0.3) is 0 Å². The summed E-state index contributed by atoms with van der Waals surface area (Å²) in [5, 5.41) is 26.7. The van der Waals surface area contributed by atoms with Crippen molar-refractivity contribution in [3.8, 4) is 0 Å². The van der Waals surface area contributed by atoms with E-state index in [1.807, 2.05) is 0 Å². The molecule has 0 spiro atoms. The summed E-state index contributed by atoms with van der Waals surface area (Å²) in [5.41, 5.74) is 5.54. The Morgan fingerprint density at radius 2 is 1.62 bits per heavy atom. The third-order valence-electron chi connectivity index (χ3n) is 2.12. The first kappa shape index (κ1) is 12.2. The number of carboxylic acids is 2. The highest BCUT2D eigenvalue weighted by Crippen LogP contribution is 2.16. The summed E-state index contributed by atoms with van der Waals surface area (Å²) in [6, 6.07) is 3.77. The molecule has 6 nitrogen and oxygen atoms in total. The summed E-state index contributed by atoms with van der Waals surface area (Å²) in [6.45, 7) is 0. The van der Waals surface area contributed by atoms with Crippen molar-refractivity contribution in [3.63, 3.8) is 0 Å². The van der Waals surface area contributed by atoms with Crippen LogP contribution in [0.1, 0.15) is 22.0 Å². The maximum atomic E-state index is 10.5. The molecule has 16 heavy (non-hydrogen) atoms. The molecule has 0 aromatic heterocycles. The molecule has 86 valence electrons. The van der Waals surface area contributed by atoms with Gasteiger partial charge in [0.1, 0.15) is 12.1 Å². The zero-order valence-corrected chi connectivity index (χ0v) is 8.20. The van der Waals surface area contributed by atoms with Crippen LogP contribution in [0, 0.1) is 0 Å². The molecule has 0 amide bonds. The predicted molar refractivity (Wildman–Crippen MR) is 54.0 cm³/mol. The topological polar surface area (TPSA) is 121 Å². The van der Waals surface area contributed by atoms with Crippen LogP contribution < -0.4 is 5.73 Å². The molecule has 6 heteroatoms. The van der Waals surface area contributed by atoms with Crippen molar-refractivity contribution in [2.24, 2.45) is 5.73 Å². The van der Waals surface area contributed by atoms with Crippen molar-refractivity contribution in [3.05, 3.63) is 35.4 Å². The van der Waals surface area contributed by atoms with Crippen LogP contribution in [-0.4, -0.2) is 33.3 Å². The summed E-state index contributed by atoms with van der Waals surface area (Å²) >= 11 is 0. The summed E-state index contributed by atoms with van der Waals surface area (Å²) in [4.78, 5) is 21.1. The predicted octanol–water partition coefficient (Wildman–Crippen LogP) is -0.170. The maximum Gasteiger partial charge on any atom is 0.335 e. The monoisotopic (exact) mass is 225 g/mol. The number of rotatable bonds is 4. The van der Waals surface area contributed by atoms with Crippen molar-refractivity contribution in [2.75, 3.05) is 0 Å². The van der Waals surface area contributed by atoms with Crippen LogP contribution >= 0.6 is 0 Å². The Balaban J connectivity index is 2.89. The standard InChI is InChI=1S/C10H11NO5/c11-7(10(15)16)8(12)5-1-3-6(4-2-5)9(13)14/h1-4,7-8,12H,11H2,(H,13,14)(H,15,16)/t7-,8+/m0/s1. The second-order valence-corrected chi connectivity index (χ2v) is 3.24. The van der Waals surface area contributed by atoms with Gasteiger partial charge >= 0.3 is 11.9 Å². The Kier molecular flexibility index (Phi) is 3.60. The van der Waals surface area contributed by atoms with Crippen molar-refractivity contribution >= 4 is 11.9 Å². The van der Waals surface area contributed by atoms with Crippen LogP contribution in [0.15, 0.2) is 24.3 Å². The van der Waals surface area contributed by atoms with E-state index in [1.165, 1.54) is 24.3 Å². The molecule has 0 saturated heterocycles. The van der Waals surface area contributed by atoms with Gasteiger partial charge in [0.05, 0.1) is 5.56 Å². The number of carboxylic acid groups (broad SMARTS) is 2. The number of carbonyl (C=O) groups is 2. The van der Waals surface area contributed by atoms with E-state index in [0.717, 1.165) is 0 Å². The molecule has 1 rings (SSSR count). The highest BCUT2D eigenvalue weighted by molar-refractivity contribution is 5.87.